The van der Waals surface area contributed by atoms with Gasteiger partial charge in [0, 0.05) is 25.0 Å². The summed E-state index contributed by atoms with van der Waals surface area (Å²) >= 11 is 0. The number of aromatic nitrogens is 5. The fraction of sp³-hybridized carbons (Fsp3) is 0.318. The van der Waals surface area contributed by atoms with Crippen LogP contribution in [0.1, 0.15) is 23.1 Å². The Kier molecular flexibility index (Phi) is 6.87. The van der Waals surface area contributed by atoms with Crippen molar-refractivity contribution in [1.29, 1.82) is 0 Å². The molecule has 0 amide bonds. The first-order chi connectivity index (χ1) is 16.4. The third-order valence-electron chi connectivity index (χ3n) is 5.16. The molecule has 12 heteroatoms. The first kappa shape index (κ1) is 23.4. The molecule has 0 bridgehead atoms. The highest BCUT2D eigenvalue weighted by molar-refractivity contribution is 7.92. The number of para-hydroxylation sites is 1. The van der Waals surface area contributed by atoms with E-state index in [1.54, 1.807) is 41.4 Å². The lowest BCUT2D eigenvalue weighted by atomic mass is 10.1. The largest absolute Gasteiger partial charge is 0.494 e. The normalized spacial score (nSPS) is 15.3. The molecule has 0 spiro atoms. The highest BCUT2D eigenvalue weighted by atomic mass is 32.2. The minimum absolute atomic E-state index is 0.0191. The van der Waals surface area contributed by atoms with E-state index in [9.17, 15) is 8.42 Å². The number of nitrogens with one attached hydrogen (secondary N) is 1. The second kappa shape index (κ2) is 10.00. The third-order valence-corrected chi connectivity index (χ3v) is 6.39. The van der Waals surface area contributed by atoms with Gasteiger partial charge in [-0.05, 0) is 30.7 Å². The fourth-order valence-electron chi connectivity index (χ4n) is 3.49. The van der Waals surface area contributed by atoms with E-state index in [1.165, 1.54) is 14.2 Å². The summed E-state index contributed by atoms with van der Waals surface area (Å²) in [5.74, 6) is 1.45. The summed E-state index contributed by atoms with van der Waals surface area (Å²) in [7, 11) is -0.760. The Morgan fingerprint density at radius 2 is 1.82 bits per heavy atom. The lowest BCUT2D eigenvalue weighted by Gasteiger charge is -2.20. The van der Waals surface area contributed by atoms with E-state index in [1.807, 2.05) is 19.1 Å². The summed E-state index contributed by atoms with van der Waals surface area (Å²) in [5.41, 5.74) is 1.38. The number of ether oxygens (including phenoxy) is 2. The Balaban J connectivity index is 1.72. The molecule has 1 aliphatic rings. The molecule has 2 aromatic heterocycles. The minimum Gasteiger partial charge on any atom is -0.494 e. The van der Waals surface area contributed by atoms with Gasteiger partial charge >= 0.3 is 0 Å². The van der Waals surface area contributed by atoms with Crippen LogP contribution in [0.15, 0.2) is 47.7 Å². The Morgan fingerprint density at radius 1 is 1.12 bits per heavy atom. The van der Waals surface area contributed by atoms with Crippen molar-refractivity contribution in [3.63, 3.8) is 0 Å². The van der Waals surface area contributed by atoms with Crippen LogP contribution >= 0.6 is 0 Å². The lowest BCUT2D eigenvalue weighted by molar-refractivity contribution is 0.390. The standard InChI is InChI=1S/C22H25N7O4S/c1-15-12-24-19(25-13-15)9-11-34(30,31)28-22-27-26-21(16-6-5-10-23-14-16)29(22)20-17(32-2)7-4-8-18(20)33-3/h4-8,10,12-13,16H,9,11,14H2,1-3H3,(H,27,28). The van der Waals surface area contributed by atoms with Crippen LogP contribution in [-0.4, -0.2) is 65.9 Å². The Hall–Kier alpha value is -3.80. The Labute approximate surface area is 197 Å². The summed E-state index contributed by atoms with van der Waals surface area (Å²) < 4.78 is 41.2. The number of nitrogens with zero attached hydrogens (tertiary/aromatic N) is 6. The van der Waals surface area contributed by atoms with E-state index in [0.29, 0.717) is 35.4 Å². The highest BCUT2D eigenvalue weighted by Crippen LogP contribution is 2.37. The Bertz CT molecular complexity index is 1300. The second-order valence-electron chi connectivity index (χ2n) is 7.58. The van der Waals surface area contributed by atoms with Gasteiger partial charge in [0.2, 0.25) is 16.0 Å². The number of aliphatic imine (C=N–C) groups is 1. The molecule has 0 saturated heterocycles. The number of benzene rings is 1. The average molecular weight is 484 g/mol. The van der Waals surface area contributed by atoms with Crippen LogP contribution in [0.5, 0.6) is 11.5 Å². The number of rotatable bonds is 9. The SMILES string of the molecule is COc1cccc(OC)c1-n1c(NS(=O)(=O)CCc2ncc(C)cn2)nnc1C1C=CC=NC1. The molecule has 1 unspecified atom stereocenters. The van der Waals surface area contributed by atoms with Crippen LogP contribution in [0.25, 0.3) is 5.69 Å². The summed E-state index contributed by atoms with van der Waals surface area (Å²) in [6.07, 6.45) is 8.91. The van der Waals surface area contributed by atoms with Crippen LogP contribution in [0, 0.1) is 6.92 Å². The van der Waals surface area contributed by atoms with E-state index in [0.717, 1.165) is 5.56 Å². The maximum Gasteiger partial charge on any atom is 0.243 e. The number of sulfonamides is 1. The molecule has 1 N–H and O–H groups in total. The molecule has 0 saturated carbocycles. The summed E-state index contributed by atoms with van der Waals surface area (Å²) in [6.45, 7) is 2.31. The zero-order chi connectivity index (χ0) is 24.1. The molecule has 0 fully saturated rings. The maximum atomic E-state index is 13.0. The number of dihydropyridines is 1. The van der Waals surface area contributed by atoms with Crippen molar-refractivity contribution < 1.29 is 17.9 Å². The van der Waals surface area contributed by atoms with Crippen molar-refractivity contribution in [3.8, 4) is 17.2 Å². The molecular formula is C22H25N7O4S. The predicted molar refractivity (Wildman–Crippen MR) is 128 cm³/mol. The molecule has 178 valence electrons. The Morgan fingerprint density at radius 3 is 2.44 bits per heavy atom. The third kappa shape index (κ3) is 5.06. The van der Waals surface area contributed by atoms with E-state index in [4.69, 9.17) is 9.47 Å². The molecule has 4 rings (SSSR count). The van der Waals surface area contributed by atoms with E-state index < -0.39 is 10.0 Å². The van der Waals surface area contributed by atoms with E-state index in [-0.39, 0.29) is 24.0 Å². The quantitative estimate of drug-likeness (QED) is 0.489. The first-order valence-electron chi connectivity index (χ1n) is 10.5. The van der Waals surface area contributed by atoms with Gasteiger partial charge in [-0.25, -0.2) is 18.4 Å². The molecule has 1 atom stereocenters. The second-order valence-corrected chi connectivity index (χ2v) is 9.42. The van der Waals surface area contributed by atoms with Gasteiger partial charge in [-0.1, -0.05) is 12.1 Å². The van der Waals surface area contributed by atoms with Crippen LogP contribution in [0.4, 0.5) is 5.95 Å². The van der Waals surface area contributed by atoms with Crippen molar-refractivity contribution in [3.05, 3.63) is 60.0 Å². The number of hydrogen-bond acceptors (Lipinski definition) is 9. The van der Waals surface area contributed by atoms with Gasteiger partial charge in [-0.2, -0.15) is 0 Å². The van der Waals surface area contributed by atoms with Crippen LogP contribution in [0.3, 0.4) is 0 Å². The minimum atomic E-state index is -3.81. The highest BCUT2D eigenvalue weighted by Gasteiger charge is 2.27. The van der Waals surface area contributed by atoms with Gasteiger partial charge in [0.25, 0.3) is 0 Å². The van der Waals surface area contributed by atoms with Crippen LogP contribution in [-0.2, 0) is 16.4 Å². The molecule has 1 aromatic carbocycles. The maximum absolute atomic E-state index is 13.0. The summed E-state index contributed by atoms with van der Waals surface area (Å²) in [5, 5.41) is 8.47. The van der Waals surface area contributed by atoms with E-state index in [2.05, 4.69) is 29.9 Å². The van der Waals surface area contributed by atoms with Gasteiger partial charge in [0.15, 0.2) is 0 Å². The van der Waals surface area contributed by atoms with Crippen molar-refractivity contribution in [1.82, 2.24) is 24.7 Å². The van der Waals surface area contributed by atoms with Crippen molar-refractivity contribution in [2.75, 3.05) is 31.2 Å². The molecular weight excluding hydrogens is 458 g/mol. The van der Waals surface area contributed by atoms with Gasteiger partial charge in [0.1, 0.15) is 28.8 Å². The van der Waals surface area contributed by atoms with Gasteiger partial charge in [0.05, 0.1) is 32.4 Å². The molecule has 3 heterocycles. The van der Waals surface area contributed by atoms with Crippen LogP contribution < -0.4 is 14.2 Å². The lowest BCUT2D eigenvalue weighted by Crippen LogP contribution is -2.22. The average Bonchev–Trinajstić information content (AvgIpc) is 3.25. The topological polar surface area (TPSA) is 133 Å². The molecule has 1 aliphatic heterocycles. The predicted octanol–water partition coefficient (Wildman–Crippen LogP) is 2.09. The summed E-state index contributed by atoms with van der Waals surface area (Å²) in [4.78, 5) is 12.6. The molecule has 3 aromatic rings. The van der Waals surface area contributed by atoms with Gasteiger partial charge in [-0.15, -0.1) is 10.2 Å². The first-order valence-corrected chi connectivity index (χ1v) is 12.2. The number of hydrogen-bond donors (Lipinski definition) is 1. The number of aryl methyl sites for hydroxylation is 2. The summed E-state index contributed by atoms with van der Waals surface area (Å²) in [6, 6.07) is 5.29. The zero-order valence-corrected chi connectivity index (χ0v) is 19.9. The van der Waals surface area contributed by atoms with Gasteiger partial charge < -0.3 is 9.47 Å². The van der Waals surface area contributed by atoms with Gasteiger partial charge in [-0.3, -0.25) is 14.3 Å². The number of methoxy groups -OCH3 is 2. The number of anilines is 1. The number of allylic oxidation sites excluding steroid dienone is 1. The smallest absolute Gasteiger partial charge is 0.243 e. The fourth-order valence-corrected chi connectivity index (χ4v) is 4.45. The molecule has 11 nitrogen and oxygen atoms in total. The van der Waals surface area contributed by atoms with Crippen molar-refractivity contribution >= 4 is 22.2 Å². The monoisotopic (exact) mass is 483 g/mol. The van der Waals surface area contributed by atoms with E-state index >= 15 is 0 Å². The molecule has 0 radical (unpaired) electrons. The van der Waals surface area contributed by atoms with Crippen molar-refractivity contribution in [2.24, 2.45) is 4.99 Å². The molecule has 34 heavy (non-hydrogen) atoms. The zero-order valence-electron chi connectivity index (χ0n) is 19.0. The molecule has 0 aliphatic carbocycles. The van der Waals surface area contributed by atoms with Crippen LogP contribution in [0.2, 0.25) is 0 Å². The van der Waals surface area contributed by atoms with Crippen molar-refractivity contribution in [2.45, 2.75) is 19.3 Å².